The van der Waals surface area contributed by atoms with Gasteiger partial charge in [-0.15, -0.1) is 11.3 Å². The van der Waals surface area contributed by atoms with Crippen LogP contribution in [0.2, 0.25) is 0 Å². The second kappa shape index (κ2) is 4.96. The SMILES string of the molecule is Cc1csc(CCNc2cc(N)nc(N)n2)n1. The molecule has 0 spiro atoms. The third-order valence-corrected chi connectivity index (χ3v) is 3.10. The van der Waals surface area contributed by atoms with Gasteiger partial charge in [0.2, 0.25) is 5.95 Å². The topological polar surface area (TPSA) is 103 Å². The van der Waals surface area contributed by atoms with E-state index in [1.54, 1.807) is 17.4 Å². The average Bonchev–Trinajstić information content (AvgIpc) is 2.63. The van der Waals surface area contributed by atoms with Crippen LogP contribution in [0.5, 0.6) is 0 Å². The van der Waals surface area contributed by atoms with Crippen LogP contribution in [-0.4, -0.2) is 21.5 Å². The Morgan fingerprint density at radius 2 is 2.12 bits per heavy atom. The summed E-state index contributed by atoms with van der Waals surface area (Å²) in [6.45, 7) is 2.72. The minimum atomic E-state index is 0.178. The highest BCUT2D eigenvalue weighted by atomic mass is 32.1. The van der Waals surface area contributed by atoms with Gasteiger partial charge in [0.05, 0.1) is 5.01 Å². The molecule has 5 N–H and O–H groups in total. The minimum absolute atomic E-state index is 0.178. The van der Waals surface area contributed by atoms with Crippen LogP contribution in [0.4, 0.5) is 17.6 Å². The van der Waals surface area contributed by atoms with Crippen molar-refractivity contribution in [3.8, 4) is 0 Å². The summed E-state index contributed by atoms with van der Waals surface area (Å²) < 4.78 is 0. The Balaban J connectivity index is 1.89. The Labute approximate surface area is 103 Å². The van der Waals surface area contributed by atoms with E-state index in [1.165, 1.54) is 0 Å². The van der Waals surface area contributed by atoms with Gasteiger partial charge in [-0.25, -0.2) is 4.98 Å². The van der Waals surface area contributed by atoms with E-state index < -0.39 is 0 Å². The lowest BCUT2D eigenvalue weighted by molar-refractivity contribution is 0.976. The van der Waals surface area contributed by atoms with Gasteiger partial charge in [0.1, 0.15) is 11.6 Å². The van der Waals surface area contributed by atoms with Crippen molar-refractivity contribution in [2.45, 2.75) is 13.3 Å². The van der Waals surface area contributed by atoms with Crippen molar-refractivity contribution < 1.29 is 0 Å². The van der Waals surface area contributed by atoms with Gasteiger partial charge in [0, 0.05) is 30.1 Å². The van der Waals surface area contributed by atoms with Crippen LogP contribution in [0.3, 0.4) is 0 Å². The fourth-order valence-electron chi connectivity index (χ4n) is 1.39. The average molecular weight is 250 g/mol. The number of nitrogens with two attached hydrogens (primary N) is 2. The van der Waals surface area contributed by atoms with Crippen LogP contribution >= 0.6 is 11.3 Å². The molecule has 0 aliphatic heterocycles. The summed E-state index contributed by atoms with van der Waals surface area (Å²) in [7, 11) is 0. The number of nitrogens with zero attached hydrogens (tertiary/aromatic N) is 3. The van der Waals surface area contributed by atoms with E-state index in [0.717, 1.165) is 23.7 Å². The number of rotatable bonds is 4. The maximum absolute atomic E-state index is 5.56. The van der Waals surface area contributed by atoms with Crippen molar-refractivity contribution in [1.29, 1.82) is 0 Å². The monoisotopic (exact) mass is 250 g/mol. The Kier molecular flexibility index (Phi) is 3.38. The highest BCUT2D eigenvalue weighted by Crippen LogP contribution is 2.11. The quantitative estimate of drug-likeness (QED) is 0.749. The lowest BCUT2D eigenvalue weighted by Crippen LogP contribution is -2.09. The van der Waals surface area contributed by atoms with Crippen molar-refractivity contribution in [3.05, 3.63) is 22.1 Å². The number of thiazole rings is 1. The molecule has 0 bridgehead atoms. The third-order valence-electron chi connectivity index (χ3n) is 2.07. The number of aromatic nitrogens is 3. The molecule has 0 aliphatic rings. The molecule has 0 amide bonds. The molecule has 2 aromatic heterocycles. The molecule has 6 nitrogen and oxygen atoms in total. The van der Waals surface area contributed by atoms with E-state index in [2.05, 4.69) is 20.3 Å². The number of hydrogen-bond acceptors (Lipinski definition) is 7. The molecule has 0 atom stereocenters. The van der Waals surface area contributed by atoms with Crippen molar-refractivity contribution >= 4 is 28.9 Å². The summed E-state index contributed by atoms with van der Waals surface area (Å²) in [5, 5.41) is 6.28. The van der Waals surface area contributed by atoms with Gasteiger partial charge in [0.15, 0.2) is 0 Å². The van der Waals surface area contributed by atoms with Crippen molar-refractivity contribution in [1.82, 2.24) is 15.0 Å². The Morgan fingerprint density at radius 3 is 2.76 bits per heavy atom. The molecular weight excluding hydrogens is 236 g/mol. The Bertz CT molecular complexity index is 489. The van der Waals surface area contributed by atoms with E-state index >= 15 is 0 Å². The standard InChI is InChI=1S/C10H14N6S/c1-6-5-17-9(14-6)2-3-13-8-4-7(11)15-10(12)16-8/h4-5H,2-3H2,1H3,(H5,11,12,13,15,16). The van der Waals surface area contributed by atoms with E-state index in [4.69, 9.17) is 11.5 Å². The number of nitrogens with one attached hydrogen (secondary N) is 1. The zero-order valence-electron chi connectivity index (χ0n) is 9.47. The first kappa shape index (κ1) is 11.6. The Hall–Kier alpha value is -1.89. The van der Waals surface area contributed by atoms with Gasteiger partial charge in [-0.1, -0.05) is 0 Å². The molecular formula is C10H14N6S. The molecule has 0 saturated heterocycles. The first-order valence-electron chi connectivity index (χ1n) is 5.18. The summed E-state index contributed by atoms with van der Waals surface area (Å²) >= 11 is 1.66. The van der Waals surface area contributed by atoms with Crippen LogP contribution in [0.15, 0.2) is 11.4 Å². The first-order chi connectivity index (χ1) is 8.13. The van der Waals surface area contributed by atoms with Gasteiger partial charge < -0.3 is 16.8 Å². The molecule has 2 heterocycles. The van der Waals surface area contributed by atoms with E-state index in [-0.39, 0.29) is 5.95 Å². The van der Waals surface area contributed by atoms with Gasteiger partial charge in [0.25, 0.3) is 0 Å². The first-order valence-corrected chi connectivity index (χ1v) is 6.06. The van der Waals surface area contributed by atoms with Gasteiger partial charge in [-0.05, 0) is 6.92 Å². The number of nitrogen functional groups attached to an aromatic ring is 2. The molecule has 2 aromatic rings. The lowest BCUT2D eigenvalue weighted by Gasteiger charge is -2.05. The predicted octanol–water partition coefficient (Wildman–Crippen LogP) is 1.06. The second-order valence-corrected chi connectivity index (χ2v) is 4.54. The fourth-order valence-corrected chi connectivity index (χ4v) is 2.17. The zero-order chi connectivity index (χ0) is 12.3. The number of aryl methyl sites for hydroxylation is 1. The summed E-state index contributed by atoms with van der Waals surface area (Å²) in [4.78, 5) is 12.2. The normalized spacial score (nSPS) is 10.4. The molecule has 0 saturated carbocycles. The molecule has 0 aromatic carbocycles. The predicted molar refractivity (Wildman–Crippen MR) is 69.9 cm³/mol. The molecule has 90 valence electrons. The molecule has 7 heteroatoms. The Morgan fingerprint density at radius 1 is 1.29 bits per heavy atom. The van der Waals surface area contributed by atoms with E-state index in [0.29, 0.717) is 11.6 Å². The molecule has 0 unspecified atom stereocenters. The number of anilines is 3. The smallest absolute Gasteiger partial charge is 0.223 e. The lowest BCUT2D eigenvalue weighted by atomic mass is 10.4. The maximum atomic E-state index is 5.56. The molecule has 2 rings (SSSR count). The van der Waals surface area contributed by atoms with Crippen molar-refractivity contribution in [2.24, 2.45) is 0 Å². The van der Waals surface area contributed by atoms with Crippen LogP contribution in [-0.2, 0) is 6.42 Å². The van der Waals surface area contributed by atoms with Crippen LogP contribution < -0.4 is 16.8 Å². The molecule has 0 aliphatic carbocycles. The summed E-state index contributed by atoms with van der Waals surface area (Å²) in [6, 6.07) is 1.66. The van der Waals surface area contributed by atoms with E-state index in [1.807, 2.05) is 12.3 Å². The van der Waals surface area contributed by atoms with Gasteiger partial charge >= 0.3 is 0 Å². The van der Waals surface area contributed by atoms with Crippen LogP contribution in [0.1, 0.15) is 10.7 Å². The van der Waals surface area contributed by atoms with Gasteiger partial charge in [-0.2, -0.15) is 9.97 Å². The maximum Gasteiger partial charge on any atom is 0.223 e. The largest absolute Gasteiger partial charge is 0.383 e. The highest BCUT2D eigenvalue weighted by Gasteiger charge is 2.01. The van der Waals surface area contributed by atoms with E-state index in [9.17, 15) is 0 Å². The highest BCUT2D eigenvalue weighted by molar-refractivity contribution is 7.09. The third kappa shape index (κ3) is 3.28. The molecule has 17 heavy (non-hydrogen) atoms. The fraction of sp³-hybridized carbons (Fsp3) is 0.300. The summed E-state index contributed by atoms with van der Waals surface area (Å²) in [5.41, 5.74) is 12.1. The summed E-state index contributed by atoms with van der Waals surface area (Å²) in [6.07, 6.45) is 0.850. The van der Waals surface area contributed by atoms with Gasteiger partial charge in [-0.3, -0.25) is 0 Å². The molecule has 0 radical (unpaired) electrons. The molecule has 0 fully saturated rings. The minimum Gasteiger partial charge on any atom is -0.383 e. The van der Waals surface area contributed by atoms with Crippen LogP contribution in [0.25, 0.3) is 0 Å². The van der Waals surface area contributed by atoms with Crippen molar-refractivity contribution in [3.63, 3.8) is 0 Å². The number of hydrogen-bond donors (Lipinski definition) is 3. The zero-order valence-corrected chi connectivity index (χ0v) is 10.3. The van der Waals surface area contributed by atoms with Crippen molar-refractivity contribution in [2.75, 3.05) is 23.3 Å². The summed E-state index contributed by atoms with van der Waals surface area (Å²) in [5.74, 6) is 1.19. The van der Waals surface area contributed by atoms with Crippen LogP contribution in [0, 0.1) is 6.92 Å². The second-order valence-electron chi connectivity index (χ2n) is 3.60.